The first-order valence-electron chi connectivity index (χ1n) is 5.67. The number of aromatic nitrogens is 1. The van der Waals surface area contributed by atoms with Crippen molar-refractivity contribution in [3.63, 3.8) is 0 Å². The molecule has 0 spiro atoms. The van der Waals surface area contributed by atoms with E-state index in [0.29, 0.717) is 6.04 Å². The van der Waals surface area contributed by atoms with Gasteiger partial charge in [0, 0.05) is 24.4 Å². The summed E-state index contributed by atoms with van der Waals surface area (Å²) in [5.74, 6) is 0.806. The highest BCUT2D eigenvalue weighted by atomic mass is 32.1. The Morgan fingerprint density at radius 3 is 3.27 bits per heavy atom. The summed E-state index contributed by atoms with van der Waals surface area (Å²) >= 11 is 1.67. The van der Waals surface area contributed by atoms with Crippen molar-refractivity contribution >= 4 is 11.3 Å². The summed E-state index contributed by atoms with van der Waals surface area (Å²) in [5, 5.41) is 9.12. The van der Waals surface area contributed by atoms with Crippen LogP contribution in [0.3, 0.4) is 0 Å². The lowest BCUT2D eigenvalue weighted by Crippen LogP contribution is -2.31. The van der Waals surface area contributed by atoms with Crippen molar-refractivity contribution in [1.82, 2.24) is 15.6 Å². The van der Waals surface area contributed by atoms with Crippen molar-refractivity contribution in [2.75, 3.05) is 19.6 Å². The first-order chi connectivity index (χ1) is 7.36. The fraction of sp³-hybridized carbons (Fsp3) is 0.727. The average molecular weight is 225 g/mol. The zero-order valence-electron chi connectivity index (χ0n) is 9.20. The summed E-state index contributed by atoms with van der Waals surface area (Å²) in [7, 11) is 0. The number of nitrogens with one attached hydrogen (secondary N) is 2. The van der Waals surface area contributed by atoms with Crippen molar-refractivity contribution in [3.8, 4) is 0 Å². The molecule has 0 bridgehead atoms. The molecule has 1 saturated heterocycles. The minimum absolute atomic E-state index is 0.678. The van der Waals surface area contributed by atoms with Crippen molar-refractivity contribution in [3.05, 3.63) is 16.6 Å². The van der Waals surface area contributed by atoms with Gasteiger partial charge in [-0.25, -0.2) is 4.98 Å². The first kappa shape index (κ1) is 11.0. The van der Waals surface area contributed by atoms with E-state index in [1.165, 1.54) is 18.7 Å². The van der Waals surface area contributed by atoms with Gasteiger partial charge in [-0.15, -0.1) is 11.3 Å². The van der Waals surface area contributed by atoms with E-state index in [1.807, 2.05) is 5.51 Å². The van der Waals surface area contributed by atoms with Crippen molar-refractivity contribution in [2.45, 2.75) is 25.8 Å². The van der Waals surface area contributed by atoms with Crippen LogP contribution in [-0.4, -0.2) is 30.7 Å². The highest BCUT2D eigenvalue weighted by Crippen LogP contribution is 2.13. The number of nitrogens with zero attached hydrogens (tertiary/aromatic N) is 1. The molecule has 84 valence electrons. The highest BCUT2D eigenvalue weighted by Gasteiger charge is 2.21. The lowest BCUT2D eigenvalue weighted by atomic mass is 10.0. The maximum absolute atomic E-state index is 4.27. The molecule has 1 aliphatic rings. The van der Waals surface area contributed by atoms with E-state index >= 15 is 0 Å². The minimum Gasteiger partial charge on any atom is -0.316 e. The van der Waals surface area contributed by atoms with E-state index in [2.05, 4.69) is 27.9 Å². The fourth-order valence-electron chi connectivity index (χ4n) is 2.06. The summed E-state index contributed by atoms with van der Waals surface area (Å²) in [6.45, 7) is 5.64. The molecule has 0 aromatic carbocycles. The van der Waals surface area contributed by atoms with E-state index in [-0.39, 0.29) is 0 Å². The molecule has 2 atom stereocenters. The Morgan fingerprint density at radius 1 is 1.67 bits per heavy atom. The average Bonchev–Trinajstić information content (AvgIpc) is 2.85. The molecule has 2 heterocycles. The first-order valence-corrected chi connectivity index (χ1v) is 6.61. The van der Waals surface area contributed by atoms with E-state index in [4.69, 9.17) is 0 Å². The normalized spacial score (nSPS) is 25.9. The van der Waals surface area contributed by atoms with Crippen LogP contribution in [-0.2, 0) is 6.42 Å². The van der Waals surface area contributed by atoms with Crippen molar-refractivity contribution < 1.29 is 0 Å². The third-order valence-electron chi connectivity index (χ3n) is 3.14. The second kappa shape index (κ2) is 5.58. The summed E-state index contributed by atoms with van der Waals surface area (Å²) in [6, 6.07) is 0.678. The molecular formula is C11H19N3S. The Labute approximate surface area is 95.3 Å². The number of hydrogen-bond donors (Lipinski definition) is 2. The van der Waals surface area contributed by atoms with Crippen molar-refractivity contribution in [2.24, 2.45) is 5.92 Å². The molecule has 15 heavy (non-hydrogen) atoms. The predicted octanol–water partition coefficient (Wildman–Crippen LogP) is 1.27. The number of thiazole rings is 1. The molecule has 2 rings (SSSR count). The molecule has 0 saturated carbocycles. The summed E-state index contributed by atoms with van der Waals surface area (Å²) < 4.78 is 0. The number of hydrogen-bond acceptors (Lipinski definition) is 4. The molecule has 1 aliphatic heterocycles. The Hall–Kier alpha value is -0.450. The van der Waals surface area contributed by atoms with Gasteiger partial charge in [0.1, 0.15) is 0 Å². The van der Waals surface area contributed by atoms with Gasteiger partial charge in [-0.1, -0.05) is 0 Å². The maximum atomic E-state index is 4.27. The van der Waals surface area contributed by atoms with Gasteiger partial charge in [0.25, 0.3) is 0 Å². The molecule has 0 amide bonds. The van der Waals surface area contributed by atoms with Gasteiger partial charge < -0.3 is 10.6 Å². The van der Waals surface area contributed by atoms with Crippen LogP contribution in [0.15, 0.2) is 10.9 Å². The standard InChI is InChI=1S/C11H19N3S/c1-9-10(2-5-13-9)6-12-4-3-11-7-15-8-14-11/h7-10,12-13H,2-6H2,1H3. The van der Waals surface area contributed by atoms with Gasteiger partial charge in [-0.3, -0.25) is 0 Å². The molecule has 0 radical (unpaired) electrons. The second-order valence-electron chi connectivity index (χ2n) is 4.23. The molecule has 0 aliphatic carbocycles. The van der Waals surface area contributed by atoms with Crippen LogP contribution in [0.2, 0.25) is 0 Å². The molecule has 1 fully saturated rings. The third kappa shape index (κ3) is 3.26. The largest absolute Gasteiger partial charge is 0.316 e. The van der Waals surface area contributed by atoms with Gasteiger partial charge in [0.05, 0.1) is 11.2 Å². The summed E-state index contributed by atoms with van der Waals surface area (Å²) in [6.07, 6.45) is 2.36. The van der Waals surface area contributed by atoms with E-state index in [0.717, 1.165) is 25.4 Å². The van der Waals surface area contributed by atoms with Crippen LogP contribution in [0.4, 0.5) is 0 Å². The Kier molecular flexibility index (Phi) is 4.11. The lowest BCUT2D eigenvalue weighted by Gasteiger charge is -2.15. The Morgan fingerprint density at radius 2 is 2.60 bits per heavy atom. The minimum atomic E-state index is 0.678. The lowest BCUT2D eigenvalue weighted by molar-refractivity contribution is 0.441. The van der Waals surface area contributed by atoms with E-state index in [9.17, 15) is 0 Å². The summed E-state index contributed by atoms with van der Waals surface area (Å²) in [5.41, 5.74) is 3.11. The van der Waals surface area contributed by atoms with E-state index in [1.54, 1.807) is 11.3 Å². The highest BCUT2D eigenvalue weighted by molar-refractivity contribution is 7.07. The third-order valence-corrected chi connectivity index (χ3v) is 3.77. The fourth-order valence-corrected chi connectivity index (χ4v) is 2.65. The van der Waals surface area contributed by atoms with Crippen LogP contribution in [0.1, 0.15) is 19.0 Å². The molecule has 4 heteroatoms. The Balaban J connectivity index is 1.59. The quantitative estimate of drug-likeness (QED) is 0.741. The van der Waals surface area contributed by atoms with Crippen LogP contribution in [0.5, 0.6) is 0 Å². The van der Waals surface area contributed by atoms with Crippen molar-refractivity contribution in [1.29, 1.82) is 0 Å². The predicted molar refractivity (Wildman–Crippen MR) is 64.3 cm³/mol. The molecule has 2 N–H and O–H groups in total. The zero-order chi connectivity index (χ0) is 10.5. The maximum Gasteiger partial charge on any atom is 0.0794 e. The Bertz CT molecular complexity index is 273. The van der Waals surface area contributed by atoms with Crippen LogP contribution >= 0.6 is 11.3 Å². The molecular weight excluding hydrogens is 206 g/mol. The van der Waals surface area contributed by atoms with Crippen LogP contribution in [0, 0.1) is 5.92 Å². The van der Waals surface area contributed by atoms with E-state index < -0.39 is 0 Å². The zero-order valence-corrected chi connectivity index (χ0v) is 10.0. The van der Waals surface area contributed by atoms with Crippen LogP contribution < -0.4 is 10.6 Å². The molecule has 1 aromatic rings. The summed E-state index contributed by atoms with van der Waals surface area (Å²) in [4.78, 5) is 4.27. The smallest absolute Gasteiger partial charge is 0.0794 e. The molecule has 3 nitrogen and oxygen atoms in total. The monoisotopic (exact) mass is 225 g/mol. The van der Waals surface area contributed by atoms with Gasteiger partial charge in [-0.05, 0) is 32.4 Å². The molecule has 1 aromatic heterocycles. The topological polar surface area (TPSA) is 37.0 Å². The van der Waals surface area contributed by atoms with Gasteiger partial charge in [0.15, 0.2) is 0 Å². The number of rotatable bonds is 5. The van der Waals surface area contributed by atoms with Crippen LogP contribution in [0.25, 0.3) is 0 Å². The van der Waals surface area contributed by atoms with Gasteiger partial charge in [0.2, 0.25) is 0 Å². The van der Waals surface area contributed by atoms with Gasteiger partial charge >= 0.3 is 0 Å². The SMILES string of the molecule is CC1NCCC1CNCCc1cscn1. The second-order valence-corrected chi connectivity index (χ2v) is 4.94. The molecule has 2 unspecified atom stereocenters. The van der Waals surface area contributed by atoms with Gasteiger partial charge in [-0.2, -0.15) is 0 Å².